The summed E-state index contributed by atoms with van der Waals surface area (Å²) in [5.41, 5.74) is 2.00. The fraction of sp³-hybridized carbons (Fsp3) is 0.417. The Hall–Kier alpha value is -1.15. The fourth-order valence-electron chi connectivity index (χ4n) is 1.37. The van der Waals surface area contributed by atoms with Gasteiger partial charge < -0.3 is 5.32 Å². The number of rotatable bonds is 4. The van der Waals surface area contributed by atoms with Crippen molar-refractivity contribution in [1.29, 1.82) is 0 Å². The molecule has 1 fully saturated rings. The number of carbonyl (C=O) groups excluding carboxylic acids is 1. The van der Waals surface area contributed by atoms with Gasteiger partial charge in [-0.15, -0.1) is 0 Å². The van der Waals surface area contributed by atoms with Crippen molar-refractivity contribution in [3.63, 3.8) is 0 Å². The molecule has 2 heteroatoms. The van der Waals surface area contributed by atoms with E-state index in [0.29, 0.717) is 12.6 Å². The lowest BCUT2D eigenvalue weighted by Crippen LogP contribution is -2.24. The number of hydrogen-bond acceptors (Lipinski definition) is 2. The van der Waals surface area contributed by atoms with Crippen molar-refractivity contribution < 1.29 is 4.79 Å². The molecule has 1 saturated carbocycles. The predicted octanol–water partition coefficient (Wildman–Crippen LogP) is 1.93. The molecule has 0 aromatic heterocycles. The van der Waals surface area contributed by atoms with E-state index >= 15 is 0 Å². The first-order valence-electron chi connectivity index (χ1n) is 5.09. The molecule has 0 bridgehead atoms. The van der Waals surface area contributed by atoms with Gasteiger partial charge in [-0.2, -0.15) is 0 Å². The van der Waals surface area contributed by atoms with Crippen LogP contribution in [0.2, 0.25) is 0 Å². The average Bonchev–Trinajstić information content (AvgIpc) is 2.99. The van der Waals surface area contributed by atoms with Crippen LogP contribution in [0.1, 0.15) is 28.8 Å². The van der Waals surface area contributed by atoms with E-state index < -0.39 is 0 Å². The topological polar surface area (TPSA) is 29.1 Å². The summed E-state index contributed by atoms with van der Waals surface area (Å²) in [6.45, 7) is 2.50. The van der Waals surface area contributed by atoms with E-state index in [-0.39, 0.29) is 5.78 Å². The summed E-state index contributed by atoms with van der Waals surface area (Å²) in [7, 11) is 0. The zero-order chi connectivity index (χ0) is 9.97. The first-order valence-corrected chi connectivity index (χ1v) is 5.09. The third-order valence-corrected chi connectivity index (χ3v) is 2.50. The van der Waals surface area contributed by atoms with Crippen LogP contribution in [0.15, 0.2) is 24.3 Å². The predicted molar refractivity (Wildman–Crippen MR) is 56.5 cm³/mol. The maximum absolute atomic E-state index is 11.6. The first kappa shape index (κ1) is 9.41. The highest BCUT2D eigenvalue weighted by Crippen LogP contribution is 2.18. The zero-order valence-corrected chi connectivity index (χ0v) is 8.42. The summed E-state index contributed by atoms with van der Waals surface area (Å²) < 4.78 is 0. The molecule has 1 aliphatic carbocycles. The molecule has 1 N–H and O–H groups in total. The smallest absolute Gasteiger partial charge is 0.176 e. The Bertz CT molecular complexity index is 325. The Morgan fingerprint density at radius 1 is 1.36 bits per heavy atom. The monoisotopic (exact) mass is 189 g/mol. The minimum atomic E-state index is 0.192. The molecule has 1 aromatic rings. The lowest BCUT2D eigenvalue weighted by Gasteiger charge is -2.02. The fourth-order valence-corrected chi connectivity index (χ4v) is 1.37. The zero-order valence-electron chi connectivity index (χ0n) is 8.42. The van der Waals surface area contributed by atoms with Gasteiger partial charge >= 0.3 is 0 Å². The van der Waals surface area contributed by atoms with E-state index in [1.54, 1.807) is 0 Å². The second-order valence-corrected chi connectivity index (χ2v) is 3.94. The molecule has 1 aromatic carbocycles. The van der Waals surface area contributed by atoms with Crippen LogP contribution in [0.4, 0.5) is 0 Å². The maximum Gasteiger partial charge on any atom is 0.176 e. The Kier molecular flexibility index (Phi) is 2.64. The van der Waals surface area contributed by atoms with Crippen molar-refractivity contribution in [3.05, 3.63) is 35.4 Å². The summed E-state index contributed by atoms with van der Waals surface area (Å²) >= 11 is 0. The average molecular weight is 189 g/mol. The summed E-state index contributed by atoms with van der Waals surface area (Å²) in [6.07, 6.45) is 2.45. The molecule has 2 rings (SSSR count). The molecule has 0 unspecified atom stereocenters. The van der Waals surface area contributed by atoms with Gasteiger partial charge in [0.25, 0.3) is 0 Å². The normalized spacial score (nSPS) is 15.5. The van der Waals surface area contributed by atoms with Gasteiger partial charge in [-0.3, -0.25) is 4.79 Å². The van der Waals surface area contributed by atoms with E-state index in [2.05, 4.69) is 5.32 Å². The Morgan fingerprint density at radius 2 is 2.00 bits per heavy atom. The molecule has 2 nitrogen and oxygen atoms in total. The second kappa shape index (κ2) is 3.93. The third-order valence-electron chi connectivity index (χ3n) is 2.50. The lowest BCUT2D eigenvalue weighted by atomic mass is 10.1. The highest BCUT2D eigenvalue weighted by molar-refractivity contribution is 5.97. The molecular weight excluding hydrogens is 174 g/mol. The van der Waals surface area contributed by atoms with E-state index in [1.807, 2.05) is 31.2 Å². The number of benzene rings is 1. The number of hydrogen-bond donors (Lipinski definition) is 1. The van der Waals surface area contributed by atoms with E-state index in [4.69, 9.17) is 0 Å². The summed E-state index contributed by atoms with van der Waals surface area (Å²) in [6, 6.07) is 8.34. The van der Waals surface area contributed by atoms with Crippen molar-refractivity contribution >= 4 is 5.78 Å². The van der Waals surface area contributed by atoms with Crippen LogP contribution in [-0.4, -0.2) is 18.4 Å². The van der Waals surface area contributed by atoms with Gasteiger partial charge in [0.1, 0.15) is 0 Å². The number of ketones is 1. The van der Waals surface area contributed by atoms with Crippen molar-refractivity contribution in [2.75, 3.05) is 6.54 Å². The van der Waals surface area contributed by atoms with Crippen LogP contribution in [0.25, 0.3) is 0 Å². The van der Waals surface area contributed by atoms with E-state index in [9.17, 15) is 4.79 Å². The van der Waals surface area contributed by atoms with Gasteiger partial charge in [-0.1, -0.05) is 29.8 Å². The van der Waals surface area contributed by atoms with Gasteiger partial charge in [0, 0.05) is 11.6 Å². The van der Waals surface area contributed by atoms with Crippen LogP contribution in [0.3, 0.4) is 0 Å². The molecule has 0 atom stereocenters. The van der Waals surface area contributed by atoms with Crippen LogP contribution >= 0.6 is 0 Å². The summed E-state index contributed by atoms with van der Waals surface area (Å²) in [5.74, 6) is 0.192. The quantitative estimate of drug-likeness (QED) is 0.733. The SMILES string of the molecule is Cc1ccc(C(=O)CNC2CC2)cc1. The Morgan fingerprint density at radius 3 is 2.57 bits per heavy atom. The van der Waals surface area contributed by atoms with Crippen molar-refractivity contribution in [2.45, 2.75) is 25.8 Å². The Balaban J connectivity index is 1.92. The van der Waals surface area contributed by atoms with Gasteiger partial charge in [-0.05, 0) is 19.8 Å². The van der Waals surface area contributed by atoms with Crippen LogP contribution in [0.5, 0.6) is 0 Å². The van der Waals surface area contributed by atoms with Gasteiger partial charge in [-0.25, -0.2) is 0 Å². The summed E-state index contributed by atoms with van der Waals surface area (Å²) in [5, 5.41) is 3.22. The van der Waals surface area contributed by atoms with Crippen LogP contribution in [0, 0.1) is 6.92 Å². The van der Waals surface area contributed by atoms with Crippen molar-refractivity contribution in [1.82, 2.24) is 5.32 Å². The standard InChI is InChI=1S/C12H15NO/c1-9-2-4-10(5-3-9)12(14)8-13-11-6-7-11/h2-5,11,13H,6-8H2,1H3. The first-order chi connectivity index (χ1) is 6.75. The molecule has 0 heterocycles. The molecular formula is C12H15NO. The molecule has 0 spiro atoms. The van der Waals surface area contributed by atoms with Crippen molar-refractivity contribution in [2.24, 2.45) is 0 Å². The minimum Gasteiger partial charge on any atom is -0.307 e. The van der Waals surface area contributed by atoms with E-state index in [1.165, 1.54) is 18.4 Å². The molecule has 0 radical (unpaired) electrons. The third kappa shape index (κ3) is 2.42. The van der Waals surface area contributed by atoms with Gasteiger partial charge in [0.2, 0.25) is 0 Å². The molecule has 0 aliphatic heterocycles. The highest BCUT2D eigenvalue weighted by Gasteiger charge is 2.21. The van der Waals surface area contributed by atoms with Crippen LogP contribution < -0.4 is 5.32 Å². The van der Waals surface area contributed by atoms with E-state index in [0.717, 1.165) is 5.56 Å². The number of carbonyl (C=O) groups is 1. The number of nitrogens with one attached hydrogen (secondary N) is 1. The molecule has 1 aliphatic rings. The largest absolute Gasteiger partial charge is 0.307 e. The van der Waals surface area contributed by atoms with Gasteiger partial charge in [0.15, 0.2) is 5.78 Å². The summed E-state index contributed by atoms with van der Waals surface area (Å²) in [4.78, 5) is 11.6. The van der Waals surface area contributed by atoms with Gasteiger partial charge in [0.05, 0.1) is 6.54 Å². The molecule has 0 saturated heterocycles. The highest BCUT2D eigenvalue weighted by atomic mass is 16.1. The lowest BCUT2D eigenvalue weighted by molar-refractivity contribution is 0.0990. The number of Topliss-reactive ketones (excluding diaryl/α,β-unsaturated/α-hetero) is 1. The van der Waals surface area contributed by atoms with Crippen LogP contribution in [-0.2, 0) is 0 Å². The minimum absolute atomic E-state index is 0.192. The Labute approximate surface area is 84.3 Å². The second-order valence-electron chi connectivity index (χ2n) is 3.94. The molecule has 0 amide bonds. The van der Waals surface area contributed by atoms with Crippen molar-refractivity contribution in [3.8, 4) is 0 Å². The maximum atomic E-state index is 11.6. The number of aryl methyl sites for hydroxylation is 1. The molecule has 14 heavy (non-hydrogen) atoms. The molecule has 74 valence electrons.